The Hall–Kier alpha value is -1.99. The second-order valence-electron chi connectivity index (χ2n) is 7.00. The first-order valence-corrected chi connectivity index (χ1v) is 11.1. The summed E-state index contributed by atoms with van der Waals surface area (Å²) in [6.45, 7) is 6.70. The Bertz CT molecular complexity index is 1000. The van der Waals surface area contributed by atoms with E-state index in [1.54, 1.807) is 28.4 Å². The summed E-state index contributed by atoms with van der Waals surface area (Å²) < 4.78 is 6.54. The first kappa shape index (κ1) is 20.3. The SMILES string of the molecule is CCc1cccc2sc(N(CCN3CCOCC3)C(=O)c3ccccc3Cl)nc12. The average Bonchev–Trinajstić information content (AvgIpc) is 3.19. The predicted octanol–water partition coefficient (Wildman–Crippen LogP) is 4.49. The van der Waals surface area contributed by atoms with Crippen LogP contribution in [-0.2, 0) is 11.2 Å². The third-order valence-electron chi connectivity index (χ3n) is 5.20. The molecule has 0 radical (unpaired) electrons. The van der Waals surface area contributed by atoms with Gasteiger partial charge in [-0.05, 0) is 30.2 Å². The first-order valence-electron chi connectivity index (χ1n) is 9.92. The number of amides is 1. The highest BCUT2D eigenvalue weighted by Gasteiger charge is 2.24. The number of carbonyl (C=O) groups is 1. The Labute approximate surface area is 179 Å². The van der Waals surface area contributed by atoms with E-state index >= 15 is 0 Å². The number of rotatable bonds is 6. The molecular weight excluding hydrogens is 406 g/mol. The van der Waals surface area contributed by atoms with Gasteiger partial charge in [-0.15, -0.1) is 0 Å². The number of anilines is 1. The molecule has 0 N–H and O–H groups in total. The molecule has 5 nitrogen and oxygen atoms in total. The van der Waals surface area contributed by atoms with Gasteiger partial charge in [-0.3, -0.25) is 14.6 Å². The molecular formula is C22H24ClN3O2S. The average molecular weight is 430 g/mol. The van der Waals surface area contributed by atoms with E-state index in [9.17, 15) is 4.79 Å². The number of aromatic nitrogens is 1. The minimum atomic E-state index is -0.110. The molecule has 2 heterocycles. The van der Waals surface area contributed by atoms with Crippen LogP contribution in [0.4, 0.5) is 5.13 Å². The predicted molar refractivity (Wildman–Crippen MR) is 119 cm³/mol. The molecule has 0 atom stereocenters. The van der Waals surface area contributed by atoms with Crippen molar-refractivity contribution in [3.8, 4) is 0 Å². The Balaban J connectivity index is 1.67. The van der Waals surface area contributed by atoms with Crippen LogP contribution >= 0.6 is 22.9 Å². The van der Waals surface area contributed by atoms with E-state index < -0.39 is 0 Å². The van der Waals surface area contributed by atoms with E-state index in [1.807, 2.05) is 12.1 Å². The first-order chi connectivity index (χ1) is 14.2. The fourth-order valence-corrected chi connectivity index (χ4v) is 4.78. The summed E-state index contributed by atoms with van der Waals surface area (Å²) >= 11 is 7.89. The standard InChI is InChI=1S/C22H24ClN3O2S/c1-2-16-6-5-9-19-20(16)24-22(29-19)26(11-10-25-12-14-28-15-13-25)21(27)17-7-3-4-8-18(17)23/h3-9H,2,10-15H2,1H3. The van der Waals surface area contributed by atoms with E-state index in [0.29, 0.717) is 17.1 Å². The monoisotopic (exact) mass is 429 g/mol. The molecule has 0 spiro atoms. The third-order valence-corrected chi connectivity index (χ3v) is 6.57. The van der Waals surface area contributed by atoms with Gasteiger partial charge in [0.1, 0.15) is 0 Å². The van der Waals surface area contributed by atoms with Gasteiger partial charge in [0.2, 0.25) is 0 Å². The zero-order chi connectivity index (χ0) is 20.2. The van der Waals surface area contributed by atoms with Crippen molar-refractivity contribution in [1.29, 1.82) is 0 Å². The van der Waals surface area contributed by atoms with E-state index in [1.165, 1.54) is 5.56 Å². The number of para-hydroxylation sites is 1. The number of thiazole rings is 1. The Kier molecular flexibility index (Phi) is 6.45. The second-order valence-corrected chi connectivity index (χ2v) is 8.42. The van der Waals surface area contributed by atoms with Crippen LogP contribution < -0.4 is 4.90 Å². The van der Waals surface area contributed by atoms with Crippen molar-refractivity contribution in [2.24, 2.45) is 0 Å². The molecule has 3 aromatic rings. The highest BCUT2D eigenvalue weighted by atomic mass is 35.5. The number of morpholine rings is 1. The lowest BCUT2D eigenvalue weighted by Gasteiger charge is -2.29. The van der Waals surface area contributed by atoms with Gasteiger partial charge in [0.15, 0.2) is 5.13 Å². The zero-order valence-electron chi connectivity index (χ0n) is 16.4. The van der Waals surface area contributed by atoms with Crippen LogP contribution in [0.25, 0.3) is 10.2 Å². The molecule has 1 aliphatic rings. The molecule has 1 aliphatic heterocycles. The molecule has 4 rings (SSSR count). The van der Waals surface area contributed by atoms with Gasteiger partial charge < -0.3 is 4.74 Å². The van der Waals surface area contributed by atoms with Crippen molar-refractivity contribution in [2.45, 2.75) is 13.3 Å². The summed E-state index contributed by atoms with van der Waals surface area (Å²) in [5, 5.41) is 1.18. The largest absolute Gasteiger partial charge is 0.379 e. The third kappa shape index (κ3) is 4.46. The van der Waals surface area contributed by atoms with Crippen LogP contribution in [0.2, 0.25) is 5.02 Å². The quantitative estimate of drug-likeness (QED) is 0.579. The van der Waals surface area contributed by atoms with E-state index in [-0.39, 0.29) is 5.91 Å². The Morgan fingerprint density at radius 2 is 2.00 bits per heavy atom. The number of aryl methyl sites for hydroxylation is 1. The number of nitrogens with zero attached hydrogens (tertiary/aromatic N) is 3. The molecule has 29 heavy (non-hydrogen) atoms. The Morgan fingerprint density at radius 1 is 1.21 bits per heavy atom. The number of carbonyl (C=O) groups excluding carboxylic acids is 1. The minimum absolute atomic E-state index is 0.110. The molecule has 0 bridgehead atoms. The fraction of sp³-hybridized carbons (Fsp3) is 0.364. The van der Waals surface area contributed by atoms with E-state index in [2.05, 4.69) is 30.0 Å². The summed E-state index contributed by atoms with van der Waals surface area (Å²) in [5.41, 5.74) is 2.69. The van der Waals surface area contributed by atoms with Crippen molar-refractivity contribution in [1.82, 2.24) is 9.88 Å². The van der Waals surface area contributed by atoms with Crippen LogP contribution in [-0.4, -0.2) is 55.2 Å². The van der Waals surface area contributed by atoms with Gasteiger partial charge in [-0.2, -0.15) is 0 Å². The van der Waals surface area contributed by atoms with Crippen LogP contribution in [0.15, 0.2) is 42.5 Å². The van der Waals surface area contributed by atoms with Crippen molar-refractivity contribution in [2.75, 3.05) is 44.3 Å². The number of halogens is 1. The van der Waals surface area contributed by atoms with Gasteiger partial charge in [0, 0.05) is 26.2 Å². The van der Waals surface area contributed by atoms with Crippen LogP contribution in [0.3, 0.4) is 0 Å². The fourth-order valence-electron chi connectivity index (χ4n) is 3.52. The van der Waals surface area contributed by atoms with E-state index in [4.69, 9.17) is 21.3 Å². The smallest absolute Gasteiger partial charge is 0.261 e. The molecule has 0 aliphatic carbocycles. The molecule has 1 fully saturated rings. The van der Waals surface area contributed by atoms with Gasteiger partial charge in [0.05, 0.1) is 34.0 Å². The van der Waals surface area contributed by atoms with Crippen molar-refractivity contribution in [3.05, 3.63) is 58.6 Å². The number of ether oxygens (including phenoxy) is 1. The maximum Gasteiger partial charge on any atom is 0.261 e. The summed E-state index contributed by atoms with van der Waals surface area (Å²) in [6.07, 6.45) is 0.909. The van der Waals surface area contributed by atoms with Gasteiger partial charge in [0.25, 0.3) is 5.91 Å². The maximum atomic E-state index is 13.4. The van der Waals surface area contributed by atoms with Crippen molar-refractivity contribution < 1.29 is 9.53 Å². The molecule has 2 aromatic carbocycles. The summed E-state index contributed by atoms with van der Waals surface area (Å²) in [7, 11) is 0. The number of benzene rings is 2. The van der Waals surface area contributed by atoms with Gasteiger partial charge in [-0.1, -0.05) is 54.1 Å². The zero-order valence-corrected chi connectivity index (χ0v) is 18.0. The Morgan fingerprint density at radius 3 is 2.76 bits per heavy atom. The van der Waals surface area contributed by atoms with Gasteiger partial charge >= 0.3 is 0 Å². The minimum Gasteiger partial charge on any atom is -0.379 e. The lowest BCUT2D eigenvalue weighted by Crippen LogP contribution is -2.43. The lowest BCUT2D eigenvalue weighted by atomic mass is 10.1. The van der Waals surface area contributed by atoms with Crippen molar-refractivity contribution in [3.63, 3.8) is 0 Å². The second kappa shape index (κ2) is 9.22. The van der Waals surface area contributed by atoms with Crippen LogP contribution in [0.1, 0.15) is 22.8 Å². The van der Waals surface area contributed by atoms with Crippen LogP contribution in [0.5, 0.6) is 0 Å². The van der Waals surface area contributed by atoms with Crippen LogP contribution in [0, 0.1) is 0 Å². The number of hydrogen-bond donors (Lipinski definition) is 0. The molecule has 0 unspecified atom stereocenters. The van der Waals surface area contributed by atoms with E-state index in [0.717, 1.165) is 54.6 Å². The van der Waals surface area contributed by atoms with Gasteiger partial charge in [-0.25, -0.2) is 4.98 Å². The molecule has 152 valence electrons. The molecule has 1 saturated heterocycles. The highest BCUT2D eigenvalue weighted by Crippen LogP contribution is 2.32. The molecule has 1 amide bonds. The number of hydrogen-bond acceptors (Lipinski definition) is 5. The molecule has 0 saturated carbocycles. The topological polar surface area (TPSA) is 45.7 Å². The summed E-state index contributed by atoms with van der Waals surface area (Å²) in [6, 6.07) is 13.4. The summed E-state index contributed by atoms with van der Waals surface area (Å²) in [5.74, 6) is -0.110. The molecule has 1 aromatic heterocycles. The highest BCUT2D eigenvalue weighted by molar-refractivity contribution is 7.22. The normalized spacial score (nSPS) is 15.0. The maximum absolute atomic E-state index is 13.4. The molecule has 7 heteroatoms. The number of fused-ring (bicyclic) bond motifs is 1. The summed E-state index contributed by atoms with van der Waals surface area (Å²) in [4.78, 5) is 22.4. The van der Waals surface area contributed by atoms with Crippen molar-refractivity contribution >= 4 is 44.2 Å². The lowest BCUT2D eigenvalue weighted by molar-refractivity contribution is 0.0391.